The summed E-state index contributed by atoms with van der Waals surface area (Å²) < 4.78 is 13.0. The Morgan fingerprint density at radius 1 is 1.08 bits per heavy atom. The number of benzene rings is 2. The molecule has 0 spiro atoms. The Kier molecular flexibility index (Phi) is 5.47. The minimum absolute atomic E-state index is 0.193. The van der Waals surface area contributed by atoms with E-state index in [1.165, 1.54) is 49.2 Å². The minimum atomic E-state index is -0.193. The topological polar surface area (TPSA) is 3.24 Å². The lowest BCUT2D eigenvalue weighted by atomic mass is 9.99. The Bertz CT molecular complexity index is 685. The van der Waals surface area contributed by atoms with E-state index in [4.69, 9.17) is 0 Å². The average Bonchev–Trinajstić information content (AvgIpc) is 2.61. The summed E-state index contributed by atoms with van der Waals surface area (Å²) in [5, 5.41) is 0. The standard InChI is InChI=1S/C22H26FN/c1-17-4-3-14-24(16-17)15-13-18(2)19-5-7-20(8-6-19)21-9-11-22(23)12-10-21/h5-13,17H,3-4,14-16H2,1-2H3/b18-13-. The van der Waals surface area contributed by atoms with Crippen molar-refractivity contribution in [2.24, 2.45) is 5.92 Å². The molecule has 0 amide bonds. The minimum Gasteiger partial charge on any atom is -0.299 e. The van der Waals surface area contributed by atoms with Crippen LogP contribution in [0, 0.1) is 11.7 Å². The molecule has 0 aliphatic carbocycles. The van der Waals surface area contributed by atoms with Crippen LogP contribution in [0.3, 0.4) is 0 Å². The van der Waals surface area contributed by atoms with E-state index < -0.39 is 0 Å². The molecule has 3 rings (SSSR count). The lowest BCUT2D eigenvalue weighted by Gasteiger charge is -2.30. The fraction of sp³-hybridized carbons (Fsp3) is 0.364. The zero-order valence-corrected chi connectivity index (χ0v) is 14.6. The summed E-state index contributed by atoms with van der Waals surface area (Å²) in [7, 11) is 0. The molecule has 0 saturated carbocycles. The Morgan fingerprint density at radius 2 is 1.71 bits per heavy atom. The van der Waals surface area contributed by atoms with Crippen molar-refractivity contribution in [2.45, 2.75) is 26.7 Å². The van der Waals surface area contributed by atoms with Crippen LogP contribution in [0.4, 0.5) is 4.39 Å². The summed E-state index contributed by atoms with van der Waals surface area (Å²) in [5.74, 6) is 0.628. The van der Waals surface area contributed by atoms with Crippen LogP contribution in [-0.2, 0) is 0 Å². The highest BCUT2D eigenvalue weighted by Crippen LogP contribution is 2.23. The van der Waals surface area contributed by atoms with Crippen LogP contribution in [0.2, 0.25) is 0 Å². The first-order valence-electron chi connectivity index (χ1n) is 8.87. The lowest BCUT2D eigenvalue weighted by Crippen LogP contribution is -2.34. The third-order valence-corrected chi connectivity index (χ3v) is 4.91. The van der Waals surface area contributed by atoms with Crippen LogP contribution in [0.25, 0.3) is 16.7 Å². The van der Waals surface area contributed by atoms with Gasteiger partial charge in [0.25, 0.3) is 0 Å². The molecule has 126 valence electrons. The number of piperidine rings is 1. The number of rotatable bonds is 4. The highest BCUT2D eigenvalue weighted by molar-refractivity contribution is 5.69. The van der Waals surface area contributed by atoms with Crippen LogP contribution in [0.15, 0.2) is 54.6 Å². The van der Waals surface area contributed by atoms with Gasteiger partial charge in [0, 0.05) is 13.1 Å². The van der Waals surface area contributed by atoms with Gasteiger partial charge >= 0.3 is 0 Å². The third-order valence-electron chi connectivity index (χ3n) is 4.91. The molecule has 1 saturated heterocycles. The van der Waals surface area contributed by atoms with Gasteiger partial charge in [-0.1, -0.05) is 49.4 Å². The maximum absolute atomic E-state index is 13.0. The van der Waals surface area contributed by atoms with Gasteiger partial charge in [0.2, 0.25) is 0 Å². The van der Waals surface area contributed by atoms with Crippen LogP contribution < -0.4 is 0 Å². The second kappa shape index (κ2) is 7.76. The van der Waals surface area contributed by atoms with Gasteiger partial charge < -0.3 is 0 Å². The van der Waals surface area contributed by atoms with E-state index in [1.807, 2.05) is 12.1 Å². The number of halogens is 1. The van der Waals surface area contributed by atoms with Crippen molar-refractivity contribution in [1.29, 1.82) is 0 Å². The van der Waals surface area contributed by atoms with Gasteiger partial charge in [-0.05, 0) is 66.6 Å². The molecule has 1 atom stereocenters. The molecule has 1 fully saturated rings. The fourth-order valence-corrected chi connectivity index (χ4v) is 3.40. The molecule has 1 aliphatic heterocycles. The predicted octanol–water partition coefficient (Wildman–Crippen LogP) is 5.63. The largest absolute Gasteiger partial charge is 0.299 e. The third kappa shape index (κ3) is 4.33. The summed E-state index contributed by atoms with van der Waals surface area (Å²) in [6, 6.07) is 15.2. The quantitative estimate of drug-likeness (QED) is 0.705. The summed E-state index contributed by atoms with van der Waals surface area (Å²) >= 11 is 0. The number of nitrogens with zero attached hydrogens (tertiary/aromatic N) is 1. The second-order valence-electron chi connectivity index (χ2n) is 6.98. The maximum Gasteiger partial charge on any atom is 0.123 e. The highest BCUT2D eigenvalue weighted by atomic mass is 19.1. The van der Waals surface area contributed by atoms with E-state index in [-0.39, 0.29) is 5.82 Å². The first kappa shape index (κ1) is 16.9. The smallest absolute Gasteiger partial charge is 0.123 e. The number of hydrogen-bond acceptors (Lipinski definition) is 1. The molecule has 1 nitrogen and oxygen atoms in total. The Labute approximate surface area is 144 Å². The van der Waals surface area contributed by atoms with Crippen LogP contribution in [0.1, 0.15) is 32.3 Å². The molecule has 2 heteroatoms. The van der Waals surface area contributed by atoms with Crippen LogP contribution >= 0.6 is 0 Å². The van der Waals surface area contributed by atoms with Crippen molar-refractivity contribution in [3.8, 4) is 11.1 Å². The Morgan fingerprint density at radius 3 is 2.33 bits per heavy atom. The summed E-state index contributed by atoms with van der Waals surface area (Å²) in [5.41, 5.74) is 4.74. The molecular weight excluding hydrogens is 297 g/mol. The van der Waals surface area contributed by atoms with Crippen molar-refractivity contribution in [3.05, 3.63) is 66.0 Å². The van der Waals surface area contributed by atoms with Crippen molar-refractivity contribution in [1.82, 2.24) is 4.90 Å². The van der Waals surface area contributed by atoms with E-state index in [1.54, 1.807) is 0 Å². The van der Waals surface area contributed by atoms with Crippen LogP contribution in [-0.4, -0.2) is 24.5 Å². The molecule has 1 aliphatic rings. The van der Waals surface area contributed by atoms with Crippen molar-refractivity contribution < 1.29 is 4.39 Å². The zero-order chi connectivity index (χ0) is 16.9. The van der Waals surface area contributed by atoms with E-state index in [0.717, 1.165) is 23.6 Å². The van der Waals surface area contributed by atoms with Crippen LogP contribution in [0.5, 0.6) is 0 Å². The molecule has 2 aromatic rings. The average molecular weight is 323 g/mol. The first-order valence-corrected chi connectivity index (χ1v) is 8.87. The monoisotopic (exact) mass is 323 g/mol. The molecule has 1 heterocycles. The number of allylic oxidation sites excluding steroid dienone is 1. The zero-order valence-electron chi connectivity index (χ0n) is 14.6. The van der Waals surface area contributed by atoms with Gasteiger partial charge in [0.05, 0.1) is 0 Å². The van der Waals surface area contributed by atoms with Gasteiger partial charge in [0.1, 0.15) is 5.82 Å². The molecule has 0 N–H and O–H groups in total. The first-order chi connectivity index (χ1) is 11.6. The summed E-state index contributed by atoms with van der Waals surface area (Å²) in [4.78, 5) is 2.55. The van der Waals surface area contributed by atoms with Crippen molar-refractivity contribution in [3.63, 3.8) is 0 Å². The van der Waals surface area contributed by atoms with Gasteiger partial charge in [-0.15, -0.1) is 0 Å². The van der Waals surface area contributed by atoms with Gasteiger partial charge in [-0.2, -0.15) is 0 Å². The molecule has 0 bridgehead atoms. The van der Waals surface area contributed by atoms with E-state index in [0.29, 0.717) is 0 Å². The molecule has 0 radical (unpaired) electrons. The molecule has 1 unspecified atom stereocenters. The van der Waals surface area contributed by atoms with E-state index in [9.17, 15) is 4.39 Å². The molecule has 24 heavy (non-hydrogen) atoms. The second-order valence-corrected chi connectivity index (χ2v) is 6.98. The Hall–Kier alpha value is -1.93. The summed E-state index contributed by atoms with van der Waals surface area (Å²) in [6.07, 6.45) is 5.02. The molecular formula is C22H26FN. The van der Waals surface area contributed by atoms with Gasteiger partial charge in [-0.3, -0.25) is 4.90 Å². The lowest BCUT2D eigenvalue weighted by molar-refractivity contribution is 0.201. The normalized spacial score (nSPS) is 19.5. The predicted molar refractivity (Wildman–Crippen MR) is 100 cm³/mol. The maximum atomic E-state index is 13.0. The fourth-order valence-electron chi connectivity index (χ4n) is 3.40. The van der Waals surface area contributed by atoms with Gasteiger partial charge in [-0.25, -0.2) is 4.39 Å². The number of likely N-dealkylation sites (tertiary alicyclic amines) is 1. The van der Waals surface area contributed by atoms with Crippen molar-refractivity contribution >= 4 is 5.57 Å². The Balaban J connectivity index is 1.66. The van der Waals surface area contributed by atoms with Crippen molar-refractivity contribution in [2.75, 3.05) is 19.6 Å². The van der Waals surface area contributed by atoms with E-state index >= 15 is 0 Å². The molecule has 2 aromatic carbocycles. The molecule has 0 aromatic heterocycles. The van der Waals surface area contributed by atoms with Gasteiger partial charge in [0.15, 0.2) is 0 Å². The highest BCUT2D eigenvalue weighted by Gasteiger charge is 2.14. The summed E-state index contributed by atoms with van der Waals surface area (Å²) in [6.45, 7) is 8.00. The van der Waals surface area contributed by atoms with E-state index in [2.05, 4.69) is 49.1 Å². The number of hydrogen-bond donors (Lipinski definition) is 0. The SMILES string of the molecule is C/C(=C/CN1CCCC(C)C1)c1ccc(-c2ccc(F)cc2)cc1.